The number of Topliss-reactive ketones (excluding diaryl/α,β-unsaturated/α-hetero) is 2. The highest BCUT2D eigenvalue weighted by atomic mass is 35.5. The molecular formula is C38H47ClN2O5. The number of aryl methyl sites for hydroxylation is 2. The third-order valence-electron chi connectivity index (χ3n) is 9.27. The second-order valence-corrected chi connectivity index (χ2v) is 15.0. The van der Waals surface area contributed by atoms with E-state index in [-0.39, 0.29) is 45.7 Å². The van der Waals surface area contributed by atoms with Crippen molar-refractivity contribution < 1.29 is 23.9 Å². The molecule has 5 rings (SSSR count). The zero-order valence-electron chi connectivity index (χ0n) is 28.5. The molecule has 0 fully saturated rings. The Bertz CT molecular complexity index is 1600. The normalized spacial score (nSPS) is 19.2. The maximum atomic E-state index is 14.1. The molecule has 0 spiro atoms. The standard InChI is InChI=1S/C38H47ClN2O5/c1-9-13-41-27-17-37(5,6)19-29(42)34(27)33(35-28(41)18-38(7,8)20-30(35)43)24-15-26(39)36(31(16-24)45-10-2)46-21-32(44)40-25-12-11-22(3)23(4)14-25/h11-12,14-16,33H,9-10,13,17-21H2,1-8H3,(H,40,44). The van der Waals surface area contributed by atoms with Crippen LogP contribution in [0.15, 0.2) is 52.9 Å². The molecule has 2 aromatic carbocycles. The van der Waals surface area contributed by atoms with E-state index < -0.39 is 5.92 Å². The molecule has 1 aliphatic heterocycles. The summed E-state index contributed by atoms with van der Waals surface area (Å²) < 4.78 is 12.0. The minimum atomic E-state index is -0.552. The maximum Gasteiger partial charge on any atom is 0.262 e. The summed E-state index contributed by atoms with van der Waals surface area (Å²) in [5, 5.41) is 3.13. The Balaban J connectivity index is 1.56. The van der Waals surface area contributed by atoms with Crippen LogP contribution >= 0.6 is 11.6 Å². The summed E-state index contributed by atoms with van der Waals surface area (Å²) in [5.41, 5.74) is 6.67. The summed E-state index contributed by atoms with van der Waals surface area (Å²) in [4.78, 5) is 43.3. The Labute approximate surface area is 278 Å². The van der Waals surface area contributed by atoms with Crippen LogP contribution in [0.4, 0.5) is 5.69 Å². The lowest BCUT2D eigenvalue weighted by Crippen LogP contribution is -2.44. The van der Waals surface area contributed by atoms with Gasteiger partial charge in [-0.15, -0.1) is 0 Å². The van der Waals surface area contributed by atoms with Gasteiger partial charge in [-0.25, -0.2) is 0 Å². The predicted octanol–water partition coefficient (Wildman–Crippen LogP) is 8.47. The van der Waals surface area contributed by atoms with E-state index in [1.165, 1.54) is 0 Å². The number of carbonyl (C=O) groups is 3. The SMILES string of the molecule is CCCN1C2=C(C(=O)CC(C)(C)C2)C(c2cc(Cl)c(OCC(=O)Nc3ccc(C)c(C)c3)c(OCC)c2)C2=C1CC(C)(C)CC2=O. The van der Waals surface area contributed by atoms with Crippen LogP contribution in [-0.2, 0) is 14.4 Å². The fourth-order valence-electron chi connectivity index (χ4n) is 7.19. The van der Waals surface area contributed by atoms with Crippen molar-refractivity contribution in [1.29, 1.82) is 0 Å². The van der Waals surface area contributed by atoms with Gasteiger partial charge < -0.3 is 19.7 Å². The number of hydrogen-bond acceptors (Lipinski definition) is 6. The van der Waals surface area contributed by atoms with Gasteiger partial charge >= 0.3 is 0 Å². The van der Waals surface area contributed by atoms with Crippen molar-refractivity contribution in [2.45, 2.75) is 93.4 Å². The lowest BCUT2D eigenvalue weighted by molar-refractivity contribution is -0.120. The van der Waals surface area contributed by atoms with E-state index in [4.69, 9.17) is 21.1 Å². The number of ketones is 2. The highest BCUT2D eigenvalue weighted by molar-refractivity contribution is 6.32. The van der Waals surface area contributed by atoms with Gasteiger partial charge in [0.25, 0.3) is 5.91 Å². The van der Waals surface area contributed by atoms with Crippen molar-refractivity contribution >= 4 is 34.8 Å². The van der Waals surface area contributed by atoms with E-state index in [0.717, 1.165) is 53.9 Å². The maximum absolute atomic E-state index is 14.1. The molecule has 46 heavy (non-hydrogen) atoms. The van der Waals surface area contributed by atoms with Crippen LogP contribution in [0.5, 0.6) is 11.5 Å². The van der Waals surface area contributed by atoms with E-state index >= 15 is 0 Å². The molecule has 1 N–H and O–H groups in total. The lowest BCUT2D eigenvalue weighted by atomic mass is 9.63. The summed E-state index contributed by atoms with van der Waals surface area (Å²) in [7, 11) is 0. The van der Waals surface area contributed by atoms with Crippen molar-refractivity contribution in [2.24, 2.45) is 10.8 Å². The van der Waals surface area contributed by atoms with Crippen LogP contribution in [0.1, 0.15) is 96.3 Å². The minimum absolute atomic E-state index is 0.0685. The quantitative estimate of drug-likeness (QED) is 0.294. The molecule has 8 heteroatoms. The van der Waals surface area contributed by atoms with Gasteiger partial charge in [0.05, 0.1) is 11.6 Å². The number of nitrogens with zero attached hydrogens (tertiary/aromatic N) is 1. The van der Waals surface area contributed by atoms with Gasteiger partial charge in [0.15, 0.2) is 29.7 Å². The van der Waals surface area contributed by atoms with Gasteiger partial charge in [-0.05, 0) is 91.8 Å². The molecule has 1 amide bonds. The van der Waals surface area contributed by atoms with Crippen molar-refractivity contribution in [3.05, 3.63) is 74.6 Å². The van der Waals surface area contributed by atoms with Crippen LogP contribution in [0.2, 0.25) is 5.02 Å². The summed E-state index contributed by atoms with van der Waals surface area (Å²) in [6.45, 7) is 17.4. The number of benzene rings is 2. The second kappa shape index (κ2) is 12.9. The van der Waals surface area contributed by atoms with Crippen LogP contribution in [0.3, 0.4) is 0 Å². The van der Waals surface area contributed by atoms with Crippen molar-refractivity contribution in [2.75, 3.05) is 25.1 Å². The van der Waals surface area contributed by atoms with Gasteiger partial charge in [0.2, 0.25) is 0 Å². The first-order valence-electron chi connectivity index (χ1n) is 16.4. The average Bonchev–Trinajstić information content (AvgIpc) is 2.94. The monoisotopic (exact) mass is 646 g/mol. The molecular weight excluding hydrogens is 600 g/mol. The topological polar surface area (TPSA) is 84.9 Å². The van der Waals surface area contributed by atoms with Gasteiger partial charge in [-0.2, -0.15) is 0 Å². The number of amides is 1. The van der Waals surface area contributed by atoms with Gasteiger partial charge in [0, 0.05) is 53.5 Å². The van der Waals surface area contributed by atoms with E-state index in [9.17, 15) is 14.4 Å². The molecule has 0 saturated heterocycles. The van der Waals surface area contributed by atoms with Crippen LogP contribution in [-0.4, -0.2) is 42.1 Å². The summed E-state index contributed by atoms with van der Waals surface area (Å²) >= 11 is 6.91. The first-order valence-corrected chi connectivity index (χ1v) is 16.8. The predicted molar refractivity (Wildman–Crippen MR) is 182 cm³/mol. The van der Waals surface area contributed by atoms with Crippen LogP contribution in [0.25, 0.3) is 0 Å². The molecule has 246 valence electrons. The molecule has 0 radical (unpaired) electrons. The molecule has 1 heterocycles. The highest BCUT2D eigenvalue weighted by Crippen LogP contribution is 2.55. The molecule has 0 aromatic heterocycles. The Kier molecular flexibility index (Phi) is 9.47. The third-order valence-corrected chi connectivity index (χ3v) is 9.55. The average molecular weight is 647 g/mol. The Morgan fingerprint density at radius 2 is 1.50 bits per heavy atom. The van der Waals surface area contributed by atoms with Crippen molar-refractivity contribution in [3.8, 4) is 11.5 Å². The number of carbonyl (C=O) groups excluding carboxylic acids is 3. The Morgan fingerprint density at radius 3 is 2.04 bits per heavy atom. The molecule has 0 atom stereocenters. The molecule has 3 aliphatic rings. The number of rotatable bonds is 9. The number of anilines is 1. The Hall–Kier alpha value is -3.58. The molecule has 7 nitrogen and oxygen atoms in total. The first kappa shape index (κ1) is 33.8. The van der Waals surface area contributed by atoms with Gasteiger partial charge in [-0.1, -0.05) is 52.3 Å². The van der Waals surface area contributed by atoms with E-state index in [1.54, 1.807) is 6.07 Å². The number of hydrogen-bond donors (Lipinski definition) is 1. The van der Waals surface area contributed by atoms with Crippen LogP contribution < -0.4 is 14.8 Å². The summed E-state index contributed by atoms with van der Waals surface area (Å²) in [5.74, 6) is -0.121. The van der Waals surface area contributed by atoms with Crippen LogP contribution in [0, 0.1) is 24.7 Å². The van der Waals surface area contributed by atoms with Crippen molar-refractivity contribution in [3.63, 3.8) is 0 Å². The third kappa shape index (κ3) is 6.76. The highest BCUT2D eigenvalue weighted by Gasteiger charge is 2.49. The first-order chi connectivity index (χ1) is 21.6. The fourth-order valence-corrected chi connectivity index (χ4v) is 7.46. The number of halogens is 1. The molecule has 0 bridgehead atoms. The zero-order chi connectivity index (χ0) is 33.6. The van der Waals surface area contributed by atoms with E-state index in [0.29, 0.717) is 42.0 Å². The van der Waals surface area contributed by atoms with E-state index in [2.05, 4.69) is 44.8 Å². The number of ether oxygens (including phenoxy) is 2. The van der Waals surface area contributed by atoms with E-state index in [1.807, 2.05) is 45.0 Å². The molecule has 0 unspecified atom stereocenters. The number of nitrogens with one attached hydrogen (secondary N) is 1. The largest absolute Gasteiger partial charge is 0.490 e. The smallest absolute Gasteiger partial charge is 0.262 e. The second-order valence-electron chi connectivity index (χ2n) is 14.6. The summed E-state index contributed by atoms with van der Waals surface area (Å²) in [6.07, 6.45) is 3.21. The van der Waals surface area contributed by atoms with Crippen molar-refractivity contribution in [1.82, 2.24) is 4.90 Å². The molecule has 0 saturated carbocycles. The Morgan fingerprint density at radius 1 is 0.891 bits per heavy atom. The van der Waals surface area contributed by atoms with Gasteiger partial charge in [0.1, 0.15) is 0 Å². The molecule has 2 aromatic rings. The fraction of sp³-hybridized carbons (Fsp3) is 0.500. The molecule has 2 aliphatic carbocycles. The van der Waals surface area contributed by atoms with Gasteiger partial charge in [-0.3, -0.25) is 14.4 Å². The summed E-state index contributed by atoms with van der Waals surface area (Å²) in [6, 6.07) is 9.34. The zero-order valence-corrected chi connectivity index (χ0v) is 29.2. The number of allylic oxidation sites excluding steroid dienone is 4. The lowest BCUT2D eigenvalue weighted by Gasteiger charge is -2.49. The minimum Gasteiger partial charge on any atom is -0.490 e.